The molecule has 5 heteroatoms. The number of hydrogen-bond donors (Lipinski definition) is 3. The van der Waals surface area contributed by atoms with Crippen LogP contribution in [0, 0.1) is 0 Å². The van der Waals surface area contributed by atoms with E-state index in [1.54, 1.807) is 12.1 Å². The number of amides is 2. The van der Waals surface area contributed by atoms with E-state index in [9.17, 15) is 14.7 Å². The molecule has 2 amide bonds. The van der Waals surface area contributed by atoms with Crippen molar-refractivity contribution in [2.75, 3.05) is 0 Å². The van der Waals surface area contributed by atoms with Crippen LogP contribution in [0.4, 0.5) is 0 Å². The highest BCUT2D eigenvalue weighted by Gasteiger charge is 2.11. The van der Waals surface area contributed by atoms with Gasteiger partial charge in [0.2, 0.25) is 11.8 Å². The molecular formula is C10H12N2O3. The molecular weight excluding hydrogens is 196 g/mol. The van der Waals surface area contributed by atoms with Crippen molar-refractivity contribution in [2.24, 2.45) is 11.5 Å². The van der Waals surface area contributed by atoms with E-state index in [4.69, 9.17) is 11.5 Å². The smallest absolute Gasteiger partial charge is 0.248 e. The van der Waals surface area contributed by atoms with Gasteiger partial charge in [0.05, 0.1) is 0 Å². The Balaban J connectivity index is 2.72. The topological polar surface area (TPSA) is 106 Å². The Morgan fingerprint density at radius 3 is 2.13 bits per heavy atom. The third-order valence-corrected chi connectivity index (χ3v) is 2.00. The lowest BCUT2D eigenvalue weighted by atomic mass is 10.1. The van der Waals surface area contributed by atoms with Gasteiger partial charge in [-0.2, -0.15) is 0 Å². The minimum Gasteiger partial charge on any atom is -0.383 e. The van der Waals surface area contributed by atoms with E-state index < -0.39 is 17.9 Å². The highest BCUT2D eigenvalue weighted by molar-refractivity contribution is 5.92. The Labute approximate surface area is 86.7 Å². The molecule has 0 saturated heterocycles. The summed E-state index contributed by atoms with van der Waals surface area (Å²) < 4.78 is 0. The minimum absolute atomic E-state index is 0.133. The third kappa shape index (κ3) is 3.07. The molecule has 1 aromatic rings. The predicted molar refractivity (Wildman–Crippen MR) is 53.9 cm³/mol. The average molecular weight is 208 g/mol. The zero-order valence-electron chi connectivity index (χ0n) is 8.01. The van der Waals surface area contributed by atoms with E-state index >= 15 is 0 Å². The van der Waals surface area contributed by atoms with Gasteiger partial charge in [0.15, 0.2) is 0 Å². The number of carbonyl (C=O) groups is 2. The first kappa shape index (κ1) is 11.2. The van der Waals surface area contributed by atoms with E-state index in [0.717, 1.165) is 0 Å². The zero-order chi connectivity index (χ0) is 11.4. The lowest BCUT2D eigenvalue weighted by Crippen LogP contribution is -2.30. The quantitative estimate of drug-likeness (QED) is 0.601. The molecule has 1 atom stereocenters. The first-order valence-electron chi connectivity index (χ1n) is 4.37. The van der Waals surface area contributed by atoms with Crippen molar-refractivity contribution >= 4 is 11.8 Å². The van der Waals surface area contributed by atoms with Crippen molar-refractivity contribution in [1.29, 1.82) is 0 Å². The normalized spacial score (nSPS) is 12.1. The highest BCUT2D eigenvalue weighted by Crippen LogP contribution is 2.06. The molecule has 1 rings (SSSR count). The molecule has 0 bridgehead atoms. The first-order valence-corrected chi connectivity index (χ1v) is 4.37. The van der Waals surface area contributed by atoms with Crippen LogP contribution in [-0.4, -0.2) is 23.0 Å². The van der Waals surface area contributed by atoms with Crippen LogP contribution >= 0.6 is 0 Å². The summed E-state index contributed by atoms with van der Waals surface area (Å²) in [4.78, 5) is 21.3. The van der Waals surface area contributed by atoms with Gasteiger partial charge in [-0.3, -0.25) is 9.59 Å². The first-order chi connectivity index (χ1) is 7.00. The Morgan fingerprint density at radius 1 is 1.20 bits per heavy atom. The average Bonchev–Trinajstić information content (AvgIpc) is 2.18. The number of nitrogens with two attached hydrogens (primary N) is 2. The lowest BCUT2D eigenvalue weighted by Gasteiger charge is -2.06. The van der Waals surface area contributed by atoms with Gasteiger partial charge >= 0.3 is 0 Å². The van der Waals surface area contributed by atoms with Gasteiger partial charge in [0, 0.05) is 12.0 Å². The van der Waals surface area contributed by atoms with Crippen LogP contribution in [0.1, 0.15) is 15.9 Å². The Kier molecular flexibility index (Phi) is 3.41. The molecule has 80 valence electrons. The SMILES string of the molecule is NC(=O)c1ccc(CC(O)C(N)=O)cc1. The van der Waals surface area contributed by atoms with Gasteiger partial charge in [0.25, 0.3) is 0 Å². The summed E-state index contributed by atoms with van der Waals surface area (Å²) in [5.41, 5.74) is 11.0. The van der Waals surface area contributed by atoms with E-state index in [1.807, 2.05) is 0 Å². The van der Waals surface area contributed by atoms with E-state index in [0.29, 0.717) is 11.1 Å². The van der Waals surface area contributed by atoms with Gasteiger partial charge in [-0.1, -0.05) is 12.1 Å². The van der Waals surface area contributed by atoms with Crippen molar-refractivity contribution in [3.63, 3.8) is 0 Å². The molecule has 0 spiro atoms. The monoisotopic (exact) mass is 208 g/mol. The molecule has 0 fully saturated rings. The van der Waals surface area contributed by atoms with Crippen molar-refractivity contribution in [3.05, 3.63) is 35.4 Å². The maximum absolute atomic E-state index is 10.7. The molecule has 15 heavy (non-hydrogen) atoms. The molecule has 0 aliphatic rings. The lowest BCUT2D eigenvalue weighted by molar-refractivity contribution is -0.125. The summed E-state index contributed by atoms with van der Waals surface area (Å²) in [6.07, 6.45) is -1.07. The van der Waals surface area contributed by atoms with Crippen molar-refractivity contribution in [1.82, 2.24) is 0 Å². The third-order valence-electron chi connectivity index (χ3n) is 2.00. The molecule has 1 aromatic carbocycles. The van der Waals surface area contributed by atoms with Crippen LogP contribution < -0.4 is 11.5 Å². The van der Waals surface area contributed by atoms with Gasteiger partial charge in [0.1, 0.15) is 6.10 Å². The fourth-order valence-electron chi connectivity index (χ4n) is 1.13. The summed E-state index contributed by atoms with van der Waals surface area (Å²) >= 11 is 0. The largest absolute Gasteiger partial charge is 0.383 e. The van der Waals surface area contributed by atoms with Crippen LogP contribution in [-0.2, 0) is 11.2 Å². The van der Waals surface area contributed by atoms with Crippen molar-refractivity contribution < 1.29 is 14.7 Å². The summed E-state index contributed by atoms with van der Waals surface area (Å²) in [5.74, 6) is -1.29. The maximum Gasteiger partial charge on any atom is 0.248 e. The Morgan fingerprint density at radius 2 is 1.73 bits per heavy atom. The van der Waals surface area contributed by atoms with Crippen LogP contribution in [0.15, 0.2) is 24.3 Å². The summed E-state index contributed by atoms with van der Waals surface area (Å²) in [7, 11) is 0. The zero-order valence-corrected chi connectivity index (χ0v) is 8.01. The van der Waals surface area contributed by atoms with Crippen LogP contribution in [0.25, 0.3) is 0 Å². The number of carbonyl (C=O) groups excluding carboxylic acids is 2. The molecule has 0 radical (unpaired) electrons. The van der Waals surface area contributed by atoms with E-state index in [2.05, 4.69) is 0 Å². The molecule has 0 aromatic heterocycles. The highest BCUT2D eigenvalue weighted by atomic mass is 16.3. The second-order valence-electron chi connectivity index (χ2n) is 3.18. The fraction of sp³-hybridized carbons (Fsp3) is 0.200. The number of aliphatic hydroxyl groups excluding tert-OH is 1. The number of hydrogen-bond acceptors (Lipinski definition) is 3. The number of primary amides is 2. The van der Waals surface area contributed by atoms with Crippen LogP contribution in [0.5, 0.6) is 0 Å². The standard InChI is InChI=1S/C10H12N2O3/c11-9(14)7-3-1-6(2-4-7)5-8(13)10(12)15/h1-4,8,13H,5H2,(H2,11,14)(H2,12,15). The van der Waals surface area contributed by atoms with Gasteiger partial charge in [-0.25, -0.2) is 0 Å². The van der Waals surface area contributed by atoms with Gasteiger partial charge in [-0.15, -0.1) is 0 Å². The maximum atomic E-state index is 10.7. The van der Waals surface area contributed by atoms with E-state index in [-0.39, 0.29) is 6.42 Å². The minimum atomic E-state index is -1.20. The number of benzene rings is 1. The van der Waals surface area contributed by atoms with E-state index in [1.165, 1.54) is 12.1 Å². The molecule has 0 aliphatic carbocycles. The molecule has 0 heterocycles. The summed E-state index contributed by atoms with van der Waals surface area (Å²) in [5, 5.41) is 9.19. The number of aliphatic hydroxyl groups is 1. The number of rotatable bonds is 4. The molecule has 1 unspecified atom stereocenters. The van der Waals surface area contributed by atoms with Gasteiger partial charge in [-0.05, 0) is 17.7 Å². The molecule has 5 N–H and O–H groups in total. The van der Waals surface area contributed by atoms with Crippen molar-refractivity contribution in [2.45, 2.75) is 12.5 Å². The Hall–Kier alpha value is -1.88. The van der Waals surface area contributed by atoms with Crippen LogP contribution in [0.2, 0.25) is 0 Å². The summed E-state index contributed by atoms with van der Waals surface area (Å²) in [6.45, 7) is 0. The fourth-order valence-corrected chi connectivity index (χ4v) is 1.13. The molecule has 5 nitrogen and oxygen atoms in total. The second kappa shape index (κ2) is 4.56. The summed E-state index contributed by atoms with van der Waals surface area (Å²) in [6, 6.07) is 6.30. The second-order valence-corrected chi connectivity index (χ2v) is 3.18. The van der Waals surface area contributed by atoms with Crippen LogP contribution in [0.3, 0.4) is 0 Å². The van der Waals surface area contributed by atoms with Gasteiger partial charge < -0.3 is 16.6 Å². The Bertz CT molecular complexity index is 373. The predicted octanol–water partition coefficient (Wildman–Crippen LogP) is -0.826. The van der Waals surface area contributed by atoms with Crippen molar-refractivity contribution in [3.8, 4) is 0 Å². The molecule has 0 saturated carbocycles. The molecule has 0 aliphatic heterocycles.